The van der Waals surface area contributed by atoms with Crippen LogP contribution in [-0.2, 0) is 6.54 Å². The van der Waals surface area contributed by atoms with E-state index in [0.29, 0.717) is 0 Å². The van der Waals surface area contributed by atoms with Gasteiger partial charge in [0.05, 0.1) is 0 Å². The van der Waals surface area contributed by atoms with Crippen LogP contribution in [-0.4, -0.2) is 23.0 Å². The predicted molar refractivity (Wildman–Crippen MR) is 75.5 cm³/mol. The van der Waals surface area contributed by atoms with Crippen molar-refractivity contribution < 1.29 is 0 Å². The molecule has 1 aromatic heterocycles. The maximum atomic E-state index is 11.7. The van der Waals surface area contributed by atoms with Gasteiger partial charge in [0, 0.05) is 29.6 Å². The van der Waals surface area contributed by atoms with E-state index < -0.39 is 0 Å². The largest absolute Gasteiger partial charge is 0.363 e. The molecule has 2 rings (SSSR count). The number of likely N-dealkylation sites (tertiary alicyclic amines) is 1. The second-order valence-corrected chi connectivity index (χ2v) is 4.39. The number of nitrogens with one attached hydrogen (secondary N) is 1. The zero-order valence-electron chi connectivity index (χ0n) is 10.3. The minimum Gasteiger partial charge on any atom is -0.363 e. The number of pyridine rings is 1. The molecule has 0 unspecified atom stereocenters. The molecule has 1 N–H and O–H groups in total. The van der Waals surface area contributed by atoms with Crippen molar-refractivity contribution in [2.24, 2.45) is 0 Å². The number of hydrogen-bond donors (Lipinski definition) is 1. The average molecular weight is 279 g/mol. The Morgan fingerprint density at radius 1 is 1.24 bits per heavy atom. The molecule has 0 atom stereocenters. The van der Waals surface area contributed by atoms with Crippen LogP contribution >= 0.6 is 24.8 Å². The molecule has 1 aromatic rings. The average Bonchev–Trinajstić information content (AvgIpc) is 2.72. The fourth-order valence-electron chi connectivity index (χ4n) is 2.13. The Bertz CT molecular complexity index is 411. The van der Waals surface area contributed by atoms with Crippen LogP contribution in [0, 0.1) is 13.8 Å². The molecule has 0 aromatic carbocycles. The molecule has 0 bridgehead atoms. The summed E-state index contributed by atoms with van der Waals surface area (Å²) < 4.78 is 0. The van der Waals surface area contributed by atoms with Crippen molar-refractivity contribution in [3.8, 4) is 0 Å². The lowest BCUT2D eigenvalue weighted by Gasteiger charge is -2.15. The van der Waals surface area contributed by atoms with Gasteiger partial charge in [-0.1, -0.05) is 0 Å². The number of halogens is 2. The van der Waals surface area contributed by atoms with Gasteiger partial charge < -0.3 is 4.98 Å². The monoisotopic (exact) mass is 278 g/mol. The highest BCUT2D eigenvalue weighted by Gasteiger charge is 2.14. The van der Waals surface area contributed by atoms with Gasteiger partial charge in [0.2, 0.25) is 0 Å². The standard InChI is InChI=1S/C12H18N2O.2ClH/c1-9-7-13-11(10(2)12(9)15)8-14-5-3-4-6-14;;/h7H,3-6,8H2,1-2H3,(H,13,15);2*1H. The molecular formula is C12H20Cl2N2O. The second kappa shape index (κ2) is 7.04. The van der Waals surface area contributed by atoms with Crippen LogP contribution in [0.3, 0.4) is 0 Å². The minimum atomic E-state index is 0. The zero-order chi connectivity index (χ0) is 10.8. The van der Waals surface area contributed by atoms with Gasteiger partial charge in [-0.15, -0.1) is 24.8 Å². The Morgan fingerprint density at radius 2 is 1.82 bits per heavy atom. The molecule has 2 heterocycles. The van der Waals surface area contributed by atoms with E-state index in [1.165, 1.54) is 12.8 Å². The summed E-state index contributed by atoms with van der Waals surface area (Å²) in [6.45, 7) is 6.98. The first-order valence-electron chi connectivity index (χ1n) is 5.58. The van der Waals surface area contributed by atoms with Crippen LogP contribution in [0.2, 0.25) is 0 Å². The summed E-state index contributed by atoms with van der Waals surface area (Å²) >= 11 is 0. The summed E-state index contributed by atoms with van der Waals surface area (Å²) in [6, 6.07) is 0. The normalized spacial score (nSPS) is 15.2. The number of aromatic nitrogens is 1. The van der Waals surface area contributed by atoms with Crippen molar-refractivity contribution in [3.05, 3.63) is 33.2 Å². The highest BCUT2D eigenvalue weighted by atomic mass is 35.5. The van der Waals surface area contributed by atoms with E-state index >= 15 is 0 Å². The number of hydrogen-bond acceptors (Lipinski definition) is 2. The summed E-state index contributed by atoms with van der Waals surface area (Å²) in [7, 11) is 0. The Kier molecular flexibility index (Phi) is 6.83. The summed E-state index contributed by atoms with van der Waals surface area (Å²) in [4.78, 5) is 17.4. The van der Waals surface area contributed by atoms with Gasteiger partial charge >= 0.3 is 0 Å². The van der Waals surface area contributed by atoms with Crippen LogP contribution < -0.4 is 5.43 Å². The summed E-state index contributed by atoms with van der Waals surface area (Å²) in [5, 5.41) is 0. The van der Waals surface area contributed by atoms with Crippen molar-refractivity contribution >= 4 is 24.8 Å². The quantitative estimate of drug-likeness (QED) is 0.902. The lowest BCUT2D eigenvalue weighted by Crippen LogP contribution is -2.22. The maximum Gasteiger partial charge on any atom is 0.187 e. The third-order valence-electron chi connectivity index (χ3n) is 3.19. The second-order valence-electron chi connectivity index (χ2n) is 4.39. The predicted octanol–water partition coefficient (Wildman–Crippen LogP) is 2.43. The van der Waals surface area contributed by atoms with Crippen LogP contribution in [0.15, 0.2) is 11.0 Å². The topological polar surface area (TPSA) is 36.1 Å². The van der Waals surface area contributed by atoms with E-state index in [1.54, 1.807) is 0 Å². The molecule has 0 saturated carbocycles. The van der Waals surface area contributed by atoms with Gasteiger partial charge in [-0.25, -0.2) is 0 Å². The first-order chi connectivity index (χ1) is 7.18. The molecule has 98 valence electrons. The molecule has 17 heavy (non-hydrogen) atoms. The van der Waals surface area contributed by atoms with Crippen molar-refractivity contribution in [3.63, 3.8) is 0 Å². The van der Waals surface area contributed by atoms with E-state index in [1.807, 2.05) is 20.0 Å². The number of nitrogens with zero attached hydrogens (tertiary/aromatic N) is 1. The first-order valence-corrected chi connectivity index (χ1v) is 5.58. The number of rotatable bonds is 2. The van der Waals surface area contributed by atoms with Gasteiger partial charge in [-0.2, -0.15) is 0 Å². The fourth-order valence-corrected chi connectivity index (χ4v) is 2.13. The third-order valence-corrected chi connectivity index (χ3v) is 3.19. The smallest absolute Gasteiger partial charge is 0.187 e. The number of H-pyrrole nitrogens is 1. The summed E-state index contributed by atoms with van der Waals surface area (Å²) in [5.74, 6) is 0. The third kappa shape index (κ3) is 3.73. The van der Waals surface area contributed by atoms with Gasteiger partial charge in [0.25, 0.3) is 0 Å². The Morgan fingerprint density at radius 3 is 2.41 bits per heavy atom. The molecule has 0 radical (unpaired) electrons. The summed E-state index contributed by atoms with van der Waals surface area (Å²) in [6.07, 6.45) is 4.39. The van der Waals surface area contributed by atoms with Gasteiger partial charge in [0.15, 0.2) is 5.43 Å². The molecule has 1 fully saturated rings. The molecule has 1 saturated heterocycles. The lowest BCUT2D eigenvalue weighted by molar-refractivity contribution is 0.326. The van der Waals surface area contributed by atoms with Crippen LogP contribution in [0.4, 0.5) is 0 Å². The first kappa shape index (κ1) is 16.5. The Hall–Kier alpha value is -0.510. The van der Waals surface area contributed by atoms with Crippen LogP contribution in [0.1, 0.15) is 29.7 Å². The maximum absolute atomic E-state index is 11.7. The Balaban J connectivity index is 0.00000128. The molecule has 0 aliphatic carbocycles. The molecule has 1 aliphatic heterocycles. The minimum absolute atomic E-state index is 0. The molecule has 0 spiro atoms. The van der Waals surface area contributed by atoms with Gasteiger partial charge in [-0.3, -0.25) is 9.69 Å². The van der Waals surface area contributed by atoms with E-state index in [-0.39, 0.29) is 30.2 Å². The molecule has 3 nitrogen and oxygen atoms in total. The van der Waals surface area contributed by atoms with Crippen molar-refractivity contribution in [2.45, 2.75) is 33.2 Å². The SMILES string of the molecule is Cc1c[nH]c(CN2CCCC2)c(C)c1=O.Cl.Cl. The highest BCUT2D eigenvalue weighted by molar-refractivity contribution is 5.85. The van der Waals surface area contributed by atoms with E-state index in [0.717, 1.165) is 36.5 Å². The van der Waals surface area contributed by atoms with Crippen LogP contribution in [0.25, 0.3) is 0 Å². The molecule has 1 aliphatic rings. The van der Waals surface area contributed by atoms with E-state index in [9.17, 15) is 4.79 Å². The van der Waals surface area contributed by atoms with E-state index in [4.69, 9.17) is 0 Å². The molecule has 0 amide bonds. The van der Waals surface area contributed by atoms with Crippen molar-refractivity contribution in [2.75, 3.05) is 13.1 Å². The van der Waals surface area contributed by atoms with Gasteiger partial charge in [0.1, 0.15) is 0 Å². The van der Waals surface area contributed by atoms with E-state index in [2.05, 4.69) is 9.88 Å². The fraction of sp³-hybridized carbons (Fsp3) is 0.583. The zero-order valence-corrected chi connectivity index (χ0v) is 11.9. The Labute approximate surface area is 114 Å². The highest BCUT2D eigenvalue weighted by Crippen LogP contribution is 2.12. The van der Waals surface area contributed by atoms with Crippen molar-refractivity contribution in [1.29, 1.82) is 0 Å². The summed E-state index contributed by atoms with van der Waals surface area (Å²) in [5.41, 5.74) is 2.94. The van der Waals surface area contributed by atoms with Crippen LogP contribution in [0.5, 0.6) is 0 Å². The number of aromatic amines is 1. The number of aryl methyl sites for hydroxylation is 1. The molecule has 5 heteroatoms. The van der Waals surface area contributed by atoms with Crippen molar-refractivity contribution in [1.82, 2.24) is 9.88 Å². The lowest BCUT2D eigenvalue weighted by atomic mass is 10.1. The van der Waals surface area contributed by atoms with Gasteiger partial charge in [-0.05, 0) is 39.8 Å². The molecular weight excluding hydrogens is 259 g/mol.